The summed E-state index contributed by atoms with van der Waals surface area (Å²) >= 11 is 0. The number of phenolic OH excluding ortho intramolecular Hbond substituents is 1. The van der Waals surface area contributed by atoms with Crippen molar-refractivity contribution in [1.82, 2.24) is 4.90 Å². The molecule has 2 aliphatic heterocycles. The standard InChI is InChI=1S/C21H27NO4.ClH/c23-14-5-4-13-10-16-21(25)7-6-15(24)19-20(21,17(13)18(14)26-19)8-9-22(16)11-12-2-1-3-12;/h4-5,12,15-16,19,23-25H,1-3,6-11H2;1H/t15-,16+,19-,20-,21-;/m0./s1. The van der Waals surface area contributed by atoms with Crippen LogP contribution < -0.4 is 4.74 Å². The van der Waals surface area contributed by atoms with E-state index in [1.54, 1.807) is 6.07 Å². The minimum Gasteiger partial charge on any atom is -0.504 e. The van der Waals surface area contributed by atoms with E-state index in [1.165, 1.54) is 24.8 Å². The lowest BCUT2D eigenvalue weighted by molar-refractivity contribution is -0.209. The zero-order chi connectivity index (χ0) is 17.7. The van der Waals surface area contributed by atoms with Crippen LogP contribution in [0.4, 0.5) is 0 Å². The van der Waals surface area contributed by atoms with Crippen molar-refractivity contribution in [2.45, 2.75) is 74.2 Å². The summed E-state index contributed by atoms with van der Waals surface area (Å²) in [5, 5.41) is 33.2. The largest absolute Gasteiger partial charge is 0.504 e. The van der Waals surface area contributed by atoms with Gasteiger partial charge >= 0.3 is 0 Å². The number of hydrogen-bond donors (Lipinski definition) is 3. The van der Waals surface area contributed by atoms with Crippen LogP contribution in [0.2, 0.25) is 0 Å². The lowest BCUT2D eigenvalue weighted by Crippen LogP contribution is -2.77. The molecule has 1 saturated heterocycles. The average Bonchev–Trinajstić information content (AvgIpc) is 2.93. The summed E-state index contributed by atoms with van der Waals surface area (Å²) in [6.45, 7) is 2.02. The van der Waals surface area contributed by atoms with Gasteiger partial charge in [0.15, 0.2) is 11.5 Å². The summed E-state index contributed by atoms with van der Waals surface area (Å²) in [5.41, 5.74) is 0.712. The van der Waals surface area contributed by atoms with Crippen molar-refractivity contribution in [3.63, 3.8) is 0 Å². The van der Waals surface area contributed by atoms with Gasteiger partial charge in [0.25, 0.3) is 0 Å². The zero-order valence-electron chi connectivity index (χ0n) is 15.4. The number of rotatable bonds is 2. The highest BCUT2D eigenvalue weighted by Gasteiger charge is 2.72. The summed E-state index contributed by atoms with van der Waals surface area (Å²) in [6, 6.07) is 3.80. The summed E-state index contributed by atoms with van der Waals surface area (Å²) in [5.74, 6) is 1.42. The second-order valence-electron chi connectivity index (χ2n) is 9.25. The predicted molar refractivity (Wildman–Crippen MR) is 103 cm³/mol. The van der Waals surface area contributed by atoms with Crippen LogP contribution in [0, 0.1) is 5.92 Å². The number of halogens is 1. The first-order valence-corrected chi connectivity index (χ1v) is 10.2. The normalized spacial score (nSPS) is 41.9. The Morgan fingerprint density at radius 3 is 2.74 bits per heavy atom. The molecule has 0 amide bonds. The Kier molecular flexibility index (Phi) is 3.85. The number of piperidine rings is 1. The molecular formula is C21H28ClNO4. The van der Waals surface area contributed by atoms with Crippen LogP contribution in [-0.2, 0) is 11.8 Å². The van der Waals surface area contributed by atoms with E-state index in [2.05, 4.69) is 4.90 Å². The Morgan fingerprint density at radius 2 is 2.00 bits per heavy atom. The van der Waals surface area contributed by atoms with Gasteiger partial charge in [0.2, 0.25) is 0 Å². The highest BCUT2D eigenvalue weighted by Crippen LogP contribution is 2.65. The first-order chi connectivity index (χ1) is 12.5. The van der Waals surface area contributed by atoms with Crippen molar-refractivity contribution < 1.29 is 20.1 Å². The molecule has 3 fully saturated rings. The lowest BCUT2D eigenvalue weighted by atomic mass is 9.48. The van der Waals surface area contributed by atoms with Crippen LogP contribution in [0.15, 0.2) is 12.1 Å². The van der Waals surface area contributed by atoms with Crippen LogP contribution in [0.1, 0.15) is 49.7 Å². The molecule has 0 aromatic heterocycles. The molecule has 148 valence electrons. The van der Waals surface area contributed by atoms with Gasteiger partial charge in [0, 0.05) is 18.2 Å². The number of benzene rings is 1. The third-order valence-electron chi connectivity index (χ3n) is 8.26. The molecule has 6 rings (SSSR count). The second-order valence-corrected chi connectivity index (χ2v) is 9.25. The molecule has 0 unspecified atom stereocenters. The van der Waals surface area contributed by atoms with Gasteiger partial charge in [-0.15, -0.1) is 12.4 Å². The van der Waals surface area contributed by atoms with Crippen LogP contribution in [0.3, 0.4) is 0 Å². The van der Waals surface area contributed by atoms with Crippen LogP contribution in [-0.4, -0.2) is 57.2 Å². The molecule has 2 saturated carbocycles. The summed E-state index contributed by atoms with van der Waals surface area (Å²) < 4.78 is 6.16. The SMILES string of the molecule is Cl.Oc1ccc2c3c1O[C@H]1[C@@H](O)CC[C@]4(O)[C@@H](C2)N(CC2CCC2)CC[C@]314. The molecule has 5 nitrogen and oxygen atoms in total. The summed E-state index contributed by atoms with van der Waals surface area (Å²) in [7, 11) is 0. The Hall–Kier alpha value is -1.01. The van der Waals surface area contributed by atoms with Crippen LogP contribution >= 0.6 is 12.4 Å². The number of phenols is 1. The molecule has 1 spiro atoms. The molecule has 2 bridgehead atoms. The Labute approximate surface area is 165 Å². The number of nitrogens with zero attached hydrogens (tertiary/aromatic N) is 1. The maximum atomic E-state index is 12.1. The summed E-state index contributed by atoms with van der Waals surface area (Å²) in [4.78, 5) is 2.53. The first-order valence-electron chi connectivity index (χ1n) is 10.2. The Balaban J connectivity index is 0.00000160. The van der Waals surface area contributed by atoms with Gasteiger partial charge in [0.1, 0.15) is 6.10 Å². The Bertz CT molecular complexity index is 784. The fraction of sp³-hybridized carbons (Fsp3) is 0.714. The minimum absolute atomic E-state index is 0. The topological polar surface area (TPSA) is 73.2 Å². The van der Waals surface area contributed by atoms with E-state index >= 15 is 0 Å². The number of likely N-dealkylation sites (tertiary alicyclic amines) is 1. The fourth-order valence-electron chi connectivity index (χ4n) is 6.83. The van der Waals surface area contributed by atoms with Crippen LogP contribution in [0.25, 0.3) is 0 Å². The number of hydrogen-bond acceptors (Lipinski definition) is 5. The third-order valence-corrected chi connectivity index (χ3v) is 8.26. The Morgan fingerprint density at radius 1 is 1.19 bits per heavy atom. The summed E-state index contributed by atoms with van der Waals surface area (Å²) in [6.07, 6.45) is 5.68. The predicted octanol–water partition coefficient (Wildman–Crippen LogP) is 2.13. The van der Waals surface area contributed by atoms with E-state index in [9.17, 15) is 15.3 Å². The minimum atomic E-state index is -0.884. The maximum Gasteiger partial charge on any atom is 0.165 e. The van der Waals surface area contributed by atoms with Gasteiger partial charge in [-0.05, 0) is 62.6 Å². The number of ether oxygens (including phenoxy) is 1. The van der Waals surface area contributed by atoms with Crippen LogP contribution in [0.5, 0.6) is 11.5 Å². The van der Waals surface area contributed by atoms with Gasteiger partial charge in [0.05, 0.1) is 17.1 Å². The molecule has 2 heterocycles. The molecule has 1 aromatic rings. The average molecular weight is 394 g/mol. The van der Waals surface area contributed by atoms with E-state index in [4.69, 9.17) is 4.74 Å². The van der Waals surface area contributed by atoms with Crippen molar-refractivity contribution in [3.8, 4) is 11.5 Å². The van der Waals surface area contributed by atoms with E-state index in [-0.39, 0.29) is 24.2 Å². The van der Waals surface area contributed by atoms with E-state index in [0.717, 1.165) is 37.4 Å². The van der Waals surface area contributed by atoms with Gasteiger partial charge in [-0.3, -0.25) is 4.90 Å². The van der Waals surface area contributed by atoms with Gasteiger partial charge in [-0.1, -0.05) is 12.5 Å². The molecule has 5 aliphatic rings. The number of aliphatic hydroxyl groups is 2. The van der Waals surface area contributed by atoms with E-state index in [0.29, 0.717) is 18.6 Å². The smallest absolute Gasteiger partial charge is 0.165 e. The highest BCUT2D eigenvalue weighted by molar-refractivity contribution is 5.85. The second kappa shape index (κ2) is 5.76. The zero-order valence-corrected chi connectivity index (χ0v) is 16.2. The van der Waals surface area contributed by atoms with Crippen molar-refractivity contribution in [1.29, 1.82) is 0 Å². The van der Waals surface area contributed by atoms with E-state index in [1.807, 2.05) is 6.07 Å². The quantitative estimate of drug-likeness (QED) is 0.717. The first kappa shape index (κ1) is 18.0. The van der Waals surface area contributed by atoms with E-state index < -0.39 is 23.2 Å². The van der Waals surface area contributed by atoms with Gasteiger partial charge in [-0.25, -0.2) is 0 Å². The molecule has 27 heavy (non-hydrogen) atoms. The third kappa shape index (κ3) is 2.01. The fourth-order valence-corrected chi connectivity index (χ4v) is 6.83. The molecule has 3 N–H and O–H groups in total. The van der Waals surface area contributed by atoms with Gasteiger partial charge in [-0.2, -0.15) is 0 Å². The highest BCUT2D eigenvalue weighted by atomic mass is 35.5. The molecule has 1 aromatic carbocycles. The van der Waals surface area contributed by atoms with Crippen molar-refractivity contribution in [2.24, 2.45) is 5.92 Å². The lowest BCUT2D eigenvalue weighted by Gasteiger charge is -2.64. The monoisotopic (exact) mass is 393 g/mol. The molecule has 6 heteroatoms. The van der Waals surface area contributed by atoms with Crippen molar-refractivity contribution in [2.75, 3.05) is 13.1 Å². The van der Waals surface area contributed by atoms with Crippen molar-refractivity contribution >= 4 is 12.4 Å². The molecule has 5 atom stereocenters. The number of aliphatic hydroxyl groups excluding tert-OH is 1. The maximum absolute atomic E-state index is 12.1. The molecule has 0 radical (unpaired) electrons. The van der Waals surface area contributed by atoms with Crippen molar-refractivity contribution in [3.05, 3.63) is 23.3 Å². The van der Waals surface area contributed by atoms with Gasteiger partial charge < -0.3 is 20.1 Å². The molecular weight excluding hydrogens is 366 g/mol. The number of aromatic hydroxyl groups is 1. The molecule has 3 aliphatic carbocycles.